The molecule has 108 valence electrons. The number of nitrogens with zero attached hydrogens (tertiary/aromatic N) is 1. The SMILES string of the molecule is CNCC1CCN(Cc2cccc(Cl)c2Cl)CC1.Cl. The highest BCUT2D eigenvalue weighted by molar-refractivity contribution is 6.42. The highest BCUT2D eigenvalue weighted by atomic mass is 35.5. The standard InChI is InChI=1S/C14H20Cl2N2.ClH/c1-17-9-11-5-7-18(8-6-11)10-12-3-2-4-13(15)14(12)16;/h2-4,11,17H,5-10H2,1H3;1H. The lowest BCUT2D eigenvalue weighted by Gasteiger charge is -2.32. The number of halogens is 3. The average Bonchev–Trinajstić information content (AvgIpc) is 2.38. The van der Waals surface area contributed by atoms with Gasteiger partial charge in [-0.1, -0.05) is 35.3 Å². The van der Waals surface area contributed by atoms with Gasteiger partial charge in [0.2, 0.25) is 0 Å². The fourth-order valence-electron chi connectivity index (χ4n) is 2.55. The predicted molar refractivity (Wildman–Crippen MR) is 85.6 cm³/mol. The summed E-state index contributed by atoms with van der Waals surface area (Å²) in [6, 6.07) is 5.87. The van der Waals surface area contributed by atoms with Gasteiger partial charge < -0.3 is 5.32 Å². The zero-order valence-electron chi connectivity index (χ0n) is 11.2. The molecule has 2 nitrogen and oxygen atoms in total. The Bertz CT molecular complexity index is 390. The van der Waals surface area contributed by atoms with E-state index in [2.05, 4.69) is 16.3 Å². The molecule has 0 amide bonds. The van der Waals surface area contributed by atoms with E-state index in [4.69, 9.17) is 23.2 Å². The van der Waals surface area contributed by atoms with E-state index < -0.39 is 0 Å². The summed E-state index contributed by atoms with van der Waals surface area (Å²) in [4.78, 5) is 2.46. The van der Waals surface area contributed by atoms with Crippen molar-refractivity contribution in [2.75, 3.05) is 26.7 Å². The van der Waals surface area contributed by atoms with Crippen molar-refractivity contribution in [2.45, 2.75) is 19.4 Å². The minimum Gasteiger partial charge on any atom is -0.319 e. The second-order valence-corrected chi connectivity index (χ2v) is 5.78. The maximum Gasteiger partial charge on any atom is 0.0637 e. The predicted octanol–water partition coefficient (Wildman–Crippen LogP) is 3.85. The summed E-state index contributed by atoms with van der Waals surface area (Å²) < 4.78 is 0. The van der Waals surface area contributed by atoms with E-state index in [-0.39, 0.29) is 12.4 Å². The number of likely N-dealkylation sites (tertiary alicyclic amines) is 1. The number of piperidine rings is 1. The van der Waals surface area contributed by atoms with Crippen LogP contribution in [0.15, 0.2) is 18.2 Å². The number of rotatable bonds is 4. The largest absolute Gasteiger partial charge is 0.319 e. The molecule has 0 unspecified atom stereocenters. The molecule has 5 heteroatoms. The molecular formula is C14H21Cl3N2. The topological polar surface area (TPSA) is 15.3 Å². The summed E-state index contributed by atoms with van der Waals surface area (Å²) in [6.45, 7) is 4.34. The van der Waals surface area contributed by atoms with Crippen molar-refractivity contribution in [3.8, 4) is 0 Å². The number of hydrogen-bond donors (Lipinski definition) is 1. The van der Waals surface area contributed by atoms with Crippen LogP contribution in [0.4, 0.5) is 0 Å². The maximum absolute atomic E-state index is 6.22. The van der Waals surface area contributed by atoms with Gasteiger partial charge in [0.15, 0.2) is 0 Å². The lowest BCUT2D eigenvalue weighted by molar-refractivity contribution is 0.177. The van der Waals surface area contributed by atoms with Crippen LogP contribution in [-0.4, -0.2) is 31.6 Å². The highest BCUT2D eigenvalue weighted by Gasteiger charge is 2.19. The van der Waals surface area contributed by atoms with Crippen LogP contribution < -0.4 is 5.32 Å². The van der Waals surface area contributed by atoms with Gasteiger partial charge in [0.1, 0.15) is 0 Å². The smallest absolute Gasteiger partial charge is 0.0637 e. The Kier molecular flexibility index (Phi) is 7.48. The Labute approximate surface area is 131 Å². The van der Waals surface area contributed by atoms with E-state index in [1.165, 1.54) is 12.8 Å². The van der Waals surface area contributed by atoms with E-state index in [1.54, 1.807) is 0 Å². The van der Waals surface area contributed by atoms with Gasteiger partial charge >= 0.3 is 0 Å². The quantitative estimate of drug-likeness (QED) is 0.905. The molecule has 1 aromatic rings. The fourth-order valence-corrected chi connectivity index (χ4v) is 2.93. The van der Waals surface area contributed by atoms with E-state index in [0.29, 0.717) is 10.0 Å². The van der Waals surface area contributed by atoms with Crippen molar-refractivity contribution < 1.29 is 0 Å². The first-order valence-electron chi connectivity index (χ1n) is 6.50. The second kappa shape index (κ2) is 8.33. The second-order valence-electron chi connectivity index (χ2n) is 4.99. The number of benzene rings is 1. The summed E-state index contributed by atoms with van der Waals surface area (Å²) in [5.74, 6) is 0.820. The summed E-state index contributed by atoms with van der Waals surface area (Å²) in [5, 5.41) is 4.62. The Morgan fingerprint density at radius 2 is 1.95 bits per heavy atom. The summed E-state index contributed by atoms with van der Waals surface area (Å²) >= 11 is 12.3. The Hall–Kier alpha value is 0.01000. The van der Waals surface area contributed by atoms with Crippen LogP contribution in [0.5, 0.6) is 0 Å². The summed E-state index contributed by atoms with van der Waals surface area (Å²) in [5.41, 5.74) is 1.14. The van der Waals surface area contributed by atoms with Gasteiger partial charge in [-0.05, 0) is 57.1 Å². The molecule has 0 bridgehead atoms. The normalized spacial score (nSPS) is 17.2. The molecule has 19 heavy (non-hydrogen) atoms. The van der Waals surface area contributed by atoms with Crippen molar-refractivity contribution in [2.24, 2.45) is 5.92 Å². The van der Waals surface area contributed by atoms with Crippen molar-refractivity contribution in [1.82, 2.24) is 10.2 Å². The molecule has 1 aromatic carbocycles. The lowest BCUT2D eigenvalue weighted by atomic mass is 9.96. The zero-order valence-corrected chi connectivity index (χ0v) is 13.5. The minimum atomic E-state index is 0. The van der Waals surface area contributed by atoms with E-state index in [9.17, 15) is 0 Å². The molecule has 1 aliphatic rings. The van der Waals surface area contributed by atoms with Crippen molar-refractivity contribution in [3.63, 3.8) is 0 Å². The van der Waals surface area contributed by atoms with E-state index >= 15 is 0 Å². The first-order chi connectivity index (χ1) is 8.70. The maximum atomic E-state index is 6.22. The van der Waals surface area contributed by atoms with Gasteiger partial charge in [0.25, 0.3) is 0 Å². The van der Waals surface area contributed by atoms with Gasteiger partial charge in [-0.25, -0.2) is 0 Å². The van der Waals surface area contributed by atoms with Crippen LogP contribution >= 0.6 is 35.6 Å². The molecule has 1 N–H and O–H groups in total. The van der Waals surface area contributed by atoms with Gasteiger partial charge in [-0.15, -0.1) is 12.4 Å². The molecule has 0 aliphatic carbocycles. The monoisotopic (exact) mass is 322 g/mol. The first-order valence-corrected chi connectivity index (χ1v) is 7.26. The van der Waals surface area contributed by atoms with Gasteiger partial charge in [-0.3, -0.25) is 4.90 Å². The first kappa shape index (κ1) is 17.1. The average molecular weight is 324 g/mol. The molecule has 1 saturated heterocycles. The molecule has 0 spiro atoms. The summed E-state index contributed by atoms with van der Waals surface area (Å²) in [7, 11) is 2.03. The van der Waals surface area contributed by atoms with Gasteiger partial charge in [0.05, 0.1) is 10.0 Å². The fraction of sp³-hybridized carbons (Fsp3) is 0.571. The van der Waals surface area contributed by atoms with Gasteiger partial charge in [-0.2, -0.15) is 0 Å². The molecule has 1 fully saturated rings. The third kappa shape index (κ3) is 4.80. The Morgan fingerprint density at radius 3 is 2.58 bits per heavy atom. The van der Waals surface area contributed by atoms with Crippen LogP contribution in [0, 0.1) is 5.92 Å². The molecule has 0 aromatic heterocycles. The van der Waals surface area contributed by atoms with Gasteiger partial charge in [0, 0.05) is 6.54 Å². The van der Waals surface area contributed by atoms with Crippen molar-refractivity contribution in [1.29, 1.82) is 0 Å². The Morgan fingerprint density at radius 1 is 1.26 bits per heavy atom. The van der Waals surface area contributed by atoms with Crippen LogP contribution in [-0.2, 0) is 6.54 Å². The third-order valence-electron chi connectivity index (χ3n) is 3.63. The molecule has 1 heterocycles. The van der Waals surface area contributed by atoms with E-state index in [1.807, 2.05) is 19.2 Å². The number of nitrogens with one attached hydrogen (secondary N) is 1. The number of hydrogen-bond acceptors (Lipinski definition) is 2. The molecule has 0 saturated carbocycles. The molecule has 0 radical (unpaired) electrons. The molecule has 0 atom stereocenters. The zero-order chi connectivity index (χ0) is 13.0. The highest BCUT2D eigenvalue weighted by Crippen LogP contribution is 2.27. The molecule has 1 aliphatic heterocycles. The van der Waals surface area contributed by atoms with Crippen LogP contribution in [0.1, 0.15) is 18.4 Å². The van der Waals surface area contributed by atoms with Crippen molar-refractivity contribution in [3.05, 3.63) is 33.8 Å². The molecular weight excluding hydrogens is 303 g/mol. The minimum absolute atomic E-state index is 0. The summed E-state index contributed by atoms with van der Waals surface area (Å²) in [6.07, 6.45) is 2.53. The van der Waals surface area contributed by atoms with E-state index in [0.717, 1.165) is 37.7 Å². The molecule has 2 rings (SSSR count). The third-order valence-corrected chi connectivity index (χ3v) is 4.48. The van der Waals surface area contributed by atoms with Crippen LogP contribution in [0.3, 0.4) is 0 Å². The van der Waals surface area contributed by atoms with Crippen LogP contribution in [0.25, 0.3) is 0 Å². The van der Waals surface area contributed by atoms with Crippen molar-refractivity contribution >= 4 is 35.6 Å². The lowest BCUT2D eigenvalue weighted by Crippen LogP contribution is -2.36. The Balaban J connectivity index is 0.00000180. The van der Waals surface area contributed by atoms with Crippen LogP contribution in [0.2, 0.25) is 10.0 Å².